The van der Waals surface area contributed by atoms with Gasteiger partial charge in [-0.25, -0.2) is 0 Å². The van der Waals surface area contributed by atoms with Crippen LogP contribution < -0.4 is 5.32 Å². The number of aromatic nitrogens is 2. The molecule has 1 atom stereocenters. The standard InChI is InChI=1S/C13H23N3/c1-5-14-13(11-6-7-11)8-12-9(2)15-16(4)10(12)3/h11,13-14H,5-8H2,1-4H3. The van der Waals surface area contributed by atoms with Gasteiger partial charge in [0.2, 0.25) is 0 Å². The van der Waals surface area contributed by atoms with Gasteiger partial charge in [0, 0.05) is 18.8 Å². The van der Waals surface area contributed by atoms with Crippen LogP contribution in [0.25, 0.3) is 0 Å². The highest BCUT2D eigenvalue weighted by atomic mass is 15.3. The highest BCUT2D eigenvalue weighted by Gasteiger charge is 2.31. The molecule has 0 radical (unpaired) electrons. The Morgan fingerprint density at radius 3 is 2.56 bits per heavy atom. The van der Waals surface area contributed by atoms with Gasteiger partial charge in [0.25, 0.3) is 0 Å². The van der Waals surface area contributed by atoms with Crippen LogP contribution in [0.3, 0.4) is 0 Å². The van der Waals surface area contributed by atoms with E-state index in [-0.39, 0.29) is 0 Å². The smallest absolute Gasteiger partial charge is 0.0628 e. The molecule has 1 aromatic rings. The molecule has 90 valence electrons. The van der Waals surface area contributed by atoms with Crippen molar-refractivity contribution in [2.45, 2.75) is 46.1 Å². The minimum Gasteiger partial charge on any atom is -0.314 e. The molecule has 0 bridgehead atoms. The van der Waals surface area contributed by atoms with Gasteiger partial charge in [0.1, 0.15) is 0 Å². The van der Waals surface area contributed by atoms with Crippen LogP contribution in [0.5, 0.6) is 0 Å². The van der Waals surface area contributed by atoms with Crippen molar-refractivity contribution in [1.82, 2.24) is 15.1 Å². The van der Waals surface area contributed by atoms with Crippen LogP contribution in [0.2, 0.25) is 0 Å². The molecule has 1 fully saturated rings. The van der Waals surface area contributed by atoms with E-state index in [0.29, 0.717) is 6.04 Å². The summed E-state index contributed by atoms with van der Waals surface area (Å²) in [6.07, 6.45) is 3.94. The first-order chi connectivity index (χ1) is 7.63. The monoisotopic (exact) mass is 221 g/mol. The predicted molar refractivity (Wildman–Crippen MR) is 66.6 cm³/mol. The van der Waals surface area contributed by atoms with E-state index < -0.39 is 0 Å². The Labute approximate surface area is 98.2 Å². The van der Waals surface area contributed by atoms with Gasteiger partial charge in [-0.2, -0.15) is 5.10 Å². The average Bonchev–Trinajstić information content (AvgIpc) is 3.03. The molecule has 0 amide bonds. The highest BCUT2D eigenvalue weighted by molar-refractivity contribution is 5.25. The van der Waals surface area contributed by atoms with E-state index in [2.05, 4.69) is 31.2 Å². The molecule has 1 saturated carbocycles. The van der Waals surface area contributed by atoms with Crippen LogP contribution in [0.1, 0.15) is 36.7 Å². The van der Waals surface area contributed by atoms with Gasteiger partial charge in [-0.3, -0.25) is 4.68 Å². The van der Waals surface area contributed by atoms with Gasteiger partial charge in [-0.1, -0.05) is 6.92 Å². The average molecular weight is 221 g/mol. The van der Waals surface area contributed by atoms with Crippen molar-refractivity contribution in [2.24, 2.45) is 13.0 Å². The third-order valence-electron chi connectivity index (χ3n) is 3.74. The van der Waals surface area contributed by atoms with Gasteiger partial charge in [0.15, 0.2) is 0 Å². The summed E-state index contributed by atoms with van der Waals surface area (Å²) in [7, 11) is 2.03. The van der Waals surface area contributed by atoms with E-state index in [1.54, 1.807) is 0 Å². The largest absolute Gasteiger partial charge is 0.314 e. The van der Waals surface area contributed by atoms with E-state index >= 15 is 0 Å². The topological polar surface area (TPSA) is 29.9 Å². The molecule has 1 aliphatic rings. The van der Waals surface area contributed by atoms with Crippen molar-refractivity contribution in [1.29, 1.82) is 0 Å². The lowest BCUT2D eigenvalue weighted by atomic mass is 10.0. The van der Waals surface area contributed by atoms with E-state index in [9.17, 15) is 0 Å². The summed E-state index contributed by atoms with van der Waals surface area (Å²) >= 11 is 0. The van der Waals surface area contributed by atoms with Crippen molar-refractivity contribution >= 4 is 0 Å². The molecule has 3 heteroatoms. The zero-order valence-corrected chi connectivity index (χ0v) is 10.9. The van der Waals surface area contributed by atoms with Crippen molar-refractivity contribution in [3.05, 3.63) is 17.0 Å². The van der Waals surface area contributed by atoms with E-state index in [0.717, 1.165) is 18.9 Å². The molecule has 3 nitrogen and oxygen atoms in total. The lowest BCUT2D eigenvalue weighted by molar-refractivity contribution is 0.471. The van der Waals surface area contributed by atoms with Crippen LogP contribution >= 0.6 is 0 Å². The number of nitrogens with one attached hydrogen (secondary N) is 1. The number of hydrogen-bond donors (Lipinski definition) is 1. The SMILES string of the molecule is CCNC(Cc1c(C)nn(C)c1C)C1CC1. The minimum absolute atomic E-state index is 0.659. The first kappa shape index (κ1) is 11.6. The molecule has 16 heavy (non-hydrogen) atoms. The first-order valence-electron chi connectivity index (χ1n) is 6.36. The number of hydrogen-bond acceptors (Lipinski definition) is 2. The van der Waals surface area contributed by atoms with Crippen molar-refractivity contribution in [3.8, 4) is 0 Å². The van der Waals surface area contributed by atoms with Gasteiger partial charge >= 0.3 is 0 Å². The number of aryl methyl sites for hydroxylation is 2. The molecule has 1 heterocycles. The van der Waals surface area contributed by atoms with Crippen LogP contribution in [0, 0.1) is 19.8 Å². The molecule has 0 aromatic carbocycles. The van der Waals surface area contributed by atoms with E-state index in [1.165, 1.54) is 29.8 Å². The predicted octanol–water partition coefficient (Wildman–Crippen LogP) is 1.97. The molecule has 0 spiro atoms. The Morgan fingerprint density at radius 1 is 1.44 bits per heavy atom. The third kappa shape index (κ3) is 2.29. The second-order valence-corrected chi connectivity index (χ2v) is 4.98. The van der Waals surface area contributed by atoms with Gasteiger partial charge in [0.05, 0.1) is 5.69 Å². The summed E-state index contributed by atoms with van der Waals surface area (Å²) in [6.45, 7) is 7.56. The Kier molecular flexibility index (Phi) is 3.33. The lowest BCUT2D eigenvalue weighted by Crippen LogP contribution is -2.33. The molecule has 0 saturated heterocycles. The van der Waals surface area contributed by atoms with Crippen molar-refractivity contribution in [3.63, 3.8) is 0 Å². The Bertz CT molecular complexity index is 363. The molecule has 1 aliphatic carbocycles. The summed E-state index contributed by atoms with van der Waals surface area (Å²) < 4.78 is 2.00. The Balaban J connectivity index is 2.11. The van der Waals surface area contributed by atoms with Crippen LogP contribution in [-0.2, 0) is 13.5 Å². The van der Waals surface area contributed by atoms with Crippen molar-refractivity contribution < 1.29 is 0 Å². The third-order valence-corrected chi connectivity index (χ3v) is 3.74. The first-order valence-corrected chi connectivity index (χ1v) is 6.36. The molecular formula is C13H23N3. The fourth-order valence-corrected chi connectivity index (χ4v) is 2.50. The highest BCUT2D eigenvalue weighted by Crippen LogP contribution is 2.34. The molecule has 0 aliphatic heterocycles. The van der Waals surface area contributed by atoms with Crippen molar-refractivity contribution in [2.75, 3.05) is 6.54 Å². The molecule has 1 N–H and O–H groups in total. The zero-order valence-electron chi connectivity index (χ0n) is 10.9. The summed E-state index contributed by atoms with van der Waals surface area (Å²) in [5, 5.41) is 8.11. The molecule has 2 rings (SSSR count). The molecular weight excluding hydrogens is 198 g/mol. The number of rotatable bonds is 5. The fourth-order valence-electron chi connectivity index (χ4n) is 2.50. The number of nitrogens with zero attached hydrogens (tertiary/aromatic N) is 2. The van der Waals surface area contributed by atoms with Crippen LogP contribution in [0.15, 0.2) is 0 Å². The maximum atomic E-state index is 4.49. The van der Waals surface area contributed by atoms with Gasteiger partial charge in [-0.05, 0) is 51.1 Å². The maximum Gasteiger partial charge on any atom is 0.0628 e. The second kappa shape index (κ2) is 4.58. The Morgan fingerprint density at radius 2 is 2.12 bits per heavy atom. The quantitative estimate of drug-likeness (QED) is 0.824. The zero-order chi connectivity index (χ0) is 11.7. The van der Waals surface area contributed by atoms with Crippen LogP contribution in [0.4, 0.5) is 0 Å². The lowest BCUT2D eigenvalue weighted by Gasteiger charge is -2.17. The second-order valence-electron chi connectivity index (χ2n) is 4.98. The normalized spacial score (nSPS) is 17.8. The molecule has 1 aromatic heterocycles. The summed E-state index contributed by atoms with van der Waals surface area (Å²) in [6, 6.07) is 0.659. The van der Waals surface area contributed by atoms with Gasteiger partial charge in [-0.15, -0.1) is 0 Å². The number of likely N-dealkylation sites (N-methyl/N-ethyl adjacent to an activating group) is 1. The van der Waals surface area contributed by atoms with E-state index in [4.69, 9.17) is 0 Å². The fraction of sp³-hybridized carbons (Fsp3) is 0.769. The maximum absolute atomic E-state index is 4.49. The van der Waals surface area contributed by atoms with E-state index in [1.807, 2.05) is 11.7 Å². The van der Waals surface area contributed by atoms with Crippen LogP contribution in [-0.4, -0.2) is 22.4 Å². The summed E-state index contributed by atoms with van der Waals surface area (Å²) in [5.41, 5.74) is 3.96. The summed E-state index contributed by atoms with van der Waals surface area (Å²) in [4.78, 5) is 0. The summed E-state index contributed by atoms with van der Waals surface area (Å²) in [5.74, 6) is 0.902. The minimum atomic E-state index is 0.659. The Hall–Kier alpha value is -0.830. The molecule has 1 unspecified atom stereocenters. The van der Waals surface area contributed by atoms with Gasteiger partial charge < -0.3 is 5.32 Å².